The number of benzene rings is 2. The molecule has 0 fully saturated rings. The molecule has 26 heavy (non-hydrogen) atoms. The van der Waals surface area contributed by atoms with Gasteiger partial charge in [-0.25, -0.2) is 17.5 Å². The van der Waals surface area contributed by atoms with Crippen molar-refractivity contribution in [3.05, 3.63) is 59.4 Å². The molecule has 0 aromatic heterocycles. The molecule has 2 rings (SSSR count). The van der Waals surface area contributed by atoms with Gasteiger partial charge in [-0.2, -0.15) is 0 Å². The van der Waals surface area contributed by atoms with Crippen molar-refractivity contribution in [1.29, 1.82) is 0 Å². The molecule has 140 valence electrons. The Kier molecular flexibility index (Phi) is 6.70. The quantitative estimate of drug-likeness (QED) is 0.731. The maximum absolute atomic E-state index is 13.5. The van der Waals surface area contributed by atoms with Crippen LogP contribution >= 0.6 is 0 Å². The summed E-state index contributed by atoms with van der Waals surface area (Å²) in [6.45, 7) is 1.54. The molecular weight excluding hydrogens is 359 g/mol. The molecule has 0 atom stereocenters. The fraction of sp³-hybridized carbons (Fsp3) is 0.278. The van der Waals surface area contributed by atoms with Crippen molar-refractivity contribution >= 4 is 15.9 Å². The number of carbonyl (C=O) groups is 1. The number of aryl methyl sites for hydroxylation is 1. The van der Waals surface area contributed by atoms with E-state index in [2.05, 4.69) is 10.0 Å². The van der Waals surface area contributed by atoms with Gasteiger partial charge in [-0.1, -0.05) is 24.3 Å². The molecule has 2 aromatic rings. The van der Waals surface area contributed by atoms with Crippen molar-refractivity contribution < 1.29 is 22.3 Å². The van der Waals surface area contributed by atoms with E-state index in [1.807, 2.05) is 0 Å². The summed E-state index contributed by atoms with van der Waals surface area (Å²) >= 11 is 0. The number of ether oxygens (including phenoxy) is 1. The van der Waals surface area contributed by atoms with E-state index < -0.39 is 22.5 Å². The zero-order chi connectivity index (χ0) is 19.2. The molecule has 6 nitrogen and oxygen atoms in total. The molecule has 0 bridgehead atoms. The topological polar surface area (TPSA) is 84.5 Å². The Morgan fingerprint density at radius 1 is 1.19 bits per heavy atom. The van der Waals surface area contributed by atoms with Gasteiger partial charge in [-0.05, 0) is 42.7 Å². The van der Waals surface area contributed by atoms with Gasteiger partial charge >= 0.3 is 0 Å². The number of halogens is 1. The van der Waals surface area contributed by atoms with Crippen LogP contribution in [0.25, 0.3) is 0 Å². The van der Waals surface area contributed by atoms with Gasteiger partial charge in [0.05, 0.1) is 13.7 Å². The monoisotopic (exact) mass is 380 g/mol. The van der Waals surface area contributed by atoms with Gasteiger partial charge in [0, 0.05) is 6.54 Å². The van der Waals surface area contributed by atoms with Gasteiger partial charge in [0.2, 0.25) is 15.9 Å². The van der Waals surface area contributed by atoms with E-state index in [0.717, 1.165) is 5.56 Å². The molecular formula is C18H21FN2O4S. The lowest BCUT2D eigenvalue weighted by molar-refractivity contribution is -0.119. The maximum atomic E-state index is 13.5. The smallest absolute Gasteiger partial charge is 0.244 e. The zero-order valence-corrected chi connectivity index (χ0v) is 15.4. The summed E-state index contributed by atoms with van der Waals surface area (Å²) in [5.74, 6) is -0.645. The average Bonchev–Trinajstić information content (AvgIpc) is 2.61. The highest BCUT2D eigenvalue weighted by atomic mass is 32.2. The van der Waals surface area contributed by atoms with E-state index in [-0.39, 0.29) is 23.0 Å². The Morgan fingerprint density at radius 3 is 2.62 bits per heavy atom. The Morgan fingerprint density at radius 2 is 1.92 bits per heavy atom. The van der Waals surface area contributed by atoms with Crippen LogP contribution < -0.4 is 14.8 Å². The van der Waals surface area contributed by atoms with Gasteiger partial charge in [0.15, 0.2) is 0 Å². The van der Waals surface area contributed by atoms with Crippen molar-refractivity contribution in [2.24, 2.45) is 0 Å². The van der Waals surface area contributed by atoms with Gasteiger partial charge in [0.25, 0.3) is 0 Å². The van der Waals surface area contributed by atoms with E-state index in [4.69, 9.17) is 4.74 Å². The molecule has 0 aliphatic rings. The normalized spacial score (nSPS) is 11.2. The molecule has 0 aliphatic heterocycles. The van der Waals surface area contributed by atoms with Crippen LogP contribution in [0.5, 0.6) is 5.75 Å². The largest absolute Gasteiger partial charge is 0.495 e. The number of nitrogens with one attached hydrogen (secondary N) is 2. The van der Waals surface area contributed by atoms with E-state index in [1.165, 1.54) is 19.2 Å². The minimum absolute atomic E-state index is 0.0286. The summed E-state index contributed by atoms with van der Waals surface area (Å²) in [6.07, 6.45) is 0.316. The number of carbonyl (C=O) groups excluding carboxylic acids is 1. The van der Waals surface area contributed by atoms with Gasteiger partial charge < -0.3 is 10.1 Å². The fourth-order valence-corrected chi connectivity index (χ4v) is 3.57. The number of hydrogen-bond donors (Lipinski definition) is 2. The standard InChI is InChI=1S/C18H21FN2O4S/c1-13-7-8-16(25-2)17(11-13)26(23,24)21-12-18(22)20-10-9-14-5-3-4-6-15(14)19/h3-8,11,21H,9-10,12H2,1-2H3,(H,20,22). The second-order valence-electron chi connectivity index (χ2n) is 5.67. The predicted octanol–water partition coefficient (Wildman–Crippen LogP) is 1.78. The van der Waals surface area contributed by atoms with Gasteiger partial charge in [-0.15, -0.1) is 0 Å². The summed E-state index contributed by atoms with van der Waals surface area (Å²) < 4.78 is 45.6. The van der Waals surface area contributed by atoms with Crippen molar-refractivity contribution in [1.82, 2.24) is 10.0 Å². The first-order valence-corrected chi connectivity index (χ1v) is 9.46. The number of rotatable bonds is 8. The molecule has 8 heteroatoms. The van der Waals surface area contributed by atoms with Crippen LogP contribution in [0.2, 0.25) is 0 Å². The predicted molar refractivity (Wildman–Crippen MR) is 96.0 cm³/mol. The number of sulfonamides is 1. The van der Waals surface area contributed by atoms with Crippen LogP contribution in [-0.2, 0) is 21.2 Å². The Balaban J connectivity index is 1.90. The van der Waals surface area contributed by atoms with E-state index >= 15 is 0 Å². The van der Waals surface area contributed by atoms with Crippen LogP contribution in [0.1, 0.15) is 11.1 Å². The van der Waals surface area contributed by atoms with E-state index in [0.29, 0.717) is 12.0 Å². The highest BCUT2D eigenvalue weighted by Crippen LogP contribution is 2.24. The Labute approximate surface area is 152 Å². The molecule has 0 saturated heterocycles. The minimum atomic E-state index is -3.90. The molecule has 0 aliphatic carbocycles. The van der Waals surface area contributed by atoms with Crippen LogP contribution in [0.3, 0.4) is 0 Å². The van der Waals surface area contributed by atoms with Crippen LogP contribution in [0.4, 0.5) is 4.39 Å². The van der Waals surface area contributed by atoms with Crippen molar-refractivity contribution in [2.75, 3.05) is 20.2 Å². The van der Waals surface area contributed by atoms with Gasteiger partial charge in [-0.3, -0.25) is 4.79 Å². The number of amides is 1. The van der Waals surface area contributed by atoms with Crippen LogP contribution in [0.15, 0.2) is 47.4 Å². The number of hydrogen-bond acceptors (Lipinski definition) is 4. The molecule has 0 radical (unpaired) electrons. The average molecular weight is 380 g/mol. The maximum Gasteiger partial charge on any atom is 0.244 e. The summed E-state index contributed by atoms with van der Waals surface area (Å²) in [5, 5.41) is 2.56. The lowest BCUT2D eigenvalue weighted by Crippen LogP contribution is -2.37. The molecule has 0 heterocycles. The molecule has 2 aromatic carbocycles. The fourth-order valence-electron chi connectivity index (χ4n) is 2.33. The summed E-state index contributed by atoms with van der Waals surface area (Å²) in [6, 6.07) is 11.0. The third-order valence-corrected chi connectivity index (χ3v) is 5.13. The zero-order valence-electron chi connectivity index (χ0n) is 14.6. The molecule has 1 amide bonds. The molecule has 2 N–H and O–H groups in total. The second-order valence-corrected chi connectivity index (χ2v) is 7.41. The van der Waals surface area contributed by atoms with E-state index in [1.54, 1.807) is 37.3 Å². The second kappa shape index (κ2) is 8.77. The lowest BCUT2D eigenvalue weighted by atomic mass is 10.1. The first kappa shape index (κ1) is 19.9. The first-order valence-electron chi connectivity index (χ1n) is 7.98. The van der Waals surface area contributed by atoms with Crippen LogP contribution in [0, 0.1) is 12.7 Å². The van der Waals surface area contributed by atoms with Crippen molar-refractivity contribution in [3.8, 4) is 5.75 Å². The summed E-state index contributed by atoms with van der Waals surface area (Å²) in [4.78, 5) is 11.8. The SMILES string of the molecule is COc1ccc(C)cc1S(=O)(=O)NCC(=O)NCCc1ccccc1F. The minimum Gasteiger partial charge on any atom is -0.495 e. The molecule has 0 spiro atoms. The molecule has 0 saturated carbocycles. The third kappa shape index (κ3) is 5.27. The van der Waals surface area contributed by atoms with Crippen LogP contribution in [-0.4, -0.2) is 34.5 Å². The van der Waals surface area contributed by atoms with Crippen molar-refractivity contribution in [3.63, 3.8) is 0 Å². The first-order chi connectivity index (χ1) is 12.3. The highest BCUT2D eigenvalue weighted by molar-refractivity contribution is 7.89. The Bertz CT molecular complexity index is 885. The van der Waals surface area contributed by atoms with E-state index in [9.17, 15) is 17.6 Å². The lowest BCUT2D eigenvalue weighted by Gasteiger charge is -2.11. The molecule has 0 unspecified atom stereocenters. The number of methoxy groups -OCH3 is 1. The van der Waals surface area contributed by atoms with Gasteiger partial charge in [0.1, 0.15) is 16.5 Å². The van der Waals surface area contributed by atoms with Crippen molar-refractivity contribution in [2.45, 2.75) is 18.2 Å². The highest BCUT2D eigenvalue weighted by Gasteiger charge is 2.20. The Hall–Kier alpha value is -2.45. The summed E-state index contributed by atoms with van der Waals surface area (Å²) in [7, 11) is -2.53. The summed E-state index contributed by atoms with van der Waals surface area (Å²) in [5.41, 5.74) is 1.23. The third-order valence-electron chi connectivity index (χ3n) is 3.71.